The fourth-order valence-corrected chi connectivity index (χ4v) is 3.03. The number of benzene rings is 1. The molecule has 0 radical (unpaired) electrons. The highest BCUT2D eigenvalue weighted by Gasteiger charge is 2.21. The average molecular weight is 492 g/mol. The molecule has 1 aromatic carbocycles. The number of rotatable bonds is 7. The van der Waals surface area contributed by atoms with Crippen LogP contribution in [0, 0.1) is 5.92 Å². The summed E-state index contributed by atoms with van der Waals surface area (Å²) in [6.45, 7) is 9.41. The smallest absolute Gasteiger partial charge is 0.191 e. The summed E-state index contributed by atoms with van der Waals surface area (Å²) in [5.74, 6) is 2.28. The molecule has 1 unspecified atom stereocenters. The monoisotopic (exact) mass is 492 g/mol. The SMILES string of the molecule is CN=C(NCc1cc(OC)ccc1O)NCC1CN(CC(C)C)CCO1.I. The highest BCUT2D eigenvalue weighted by atomic mass is 127. The van der Waals surface area contributed by atoms with Crippen molar-refractivity contribution < 1.29 is 14.6 Å². The molecule has 1 aliphatic rings. The van der Waals surface area contributed by atoms with Gasteiger partial charge in [-0.15, -0.1) is 24.0 Å². The number of nitrogens with zero attached hydrogens (tertiary/aromatic N) is 2. The van der Waals surface area contributed by atoms with Gasteiger partial charge in [-0.25, -0.2) is 0 Å². The van der Waals surface area contributed by atoms with Crippen LogP contribution in [0.1, 0.15) is 19.4 Å². The summed E-state index contributed by atoms with van der Waals surface area (Å²) in [6, 6.07) is 5.17. The quantitative estimate of drug-likeness (QED) is 0.307. The molecule has 1 aliphatic heterocycles. The third-order valence-electron chi connectivity index (χ3n) is 4.30. The van der Waals surface area contributed by atoms with E-state index in [0.29, 0.717) is 30.7 Å². The number of morpholine rings is 1. The lowest BCUT2D eigenvalue weighted by atomic mass is 10.2. The third-order valence-corrected chi connectivity index (χ3v) is 4.30. The Labute approximate surface area is 179 Å². The van der Waals surface area contributed by atoms with Crippen molar-refractivity contribution in [2.75, 3.05) is 46.9 Å². The van der Waals surface area contributed by atoms with Gasteiger partial charge in [0.1, 0.15) is 11.5 Å². The summed E-state index contributed by atoms with van der Waals surface area (Å²) in [5.41, 5.74) is 0.754. The van der Waals surface area contributed by atoms with Crippen LogP contribution in [0.2, 0.25) is 0 Å². The van der Waals surface area contributed by atoms with Crippen molar-refractivity contribution in [3.63, 3.8) is 0 Å². The predicted molar refractivity (Wildman–Crippen MR) is 119 cm³/mol. The molecule has 1 fully saturated rings. The molecular weight excluding hydrogens is 459 g/mol. The molecule has 0 saturated carbocycles. The Bertz CT molecular complexity index is 598. The largest absolute Gasteiger partial charge is 0.508 e. The maximum atomic E-state index is 9.97. The molecule has 0 amide bonds. The van der Waals surface area contributed by atoms with Crippen LogP contribution < -0.4 is 15.4 Å². The standard InChI is InChI=1S/C19H32N4O3.HI/c1-14(2)12-23-7-8-26-17(13-23)11-22-19(20-3)21-10-15-9-16(25-4)5-6-18(15)24;/h5-6,9,14,17,24H,7-8,10-13H2,1-4H3,(H2,20,21,22);1H. The van der Waals surface area contributed by atoms with Crippen LogP contribution in [0.5, 0.6) is 11.5 Å². The van der Waals surface area contributed by atoms with Crippen LogP contribution in [0.15, 0.2) is 23.2 Å². The number of ether oxygens (including phenoxy) is 2. The fraction of sp³-hybridized carbons (Fsp3) is 0.632. The first-order chi connectivity index (χ1) is 12.5. The first-order valence-electron chi connectivity index (χ1n) is 9.16. The second-order valence-corrected chi connectivity index (χ2v) is 6.95. The highest BCUT2D eigenvalue weighted by Crippen LogP contribution is 2.22. The number of halogens is 1. The zero-order valence-electron chi connectivity index (χ0n) is 16.7. The Morgan fingerprint density at radius 3 is 2.85 bits per heavy atom. The molecule has 1 heterocycles. The Kier molecular flexibility index (Phi) is 10.8. The lowest BCUT2D eigenvalue weighted by Crippen LogP contribution is -2.50. The second kappa shape index (κ2) is 12.2. The van der Waals surface area contributed by atoms with E-state index in [1.165, 1.54) is 0 Å². The third kappa shape index (κ3) is 8.10. The molecule has 0 bridgehead atoms. The lowest BCUT2D eigenvalue weighted by Gasteiger charge is -2.34. The molecule has 1 aromatic rings. The number of nitrogens with one attached hydrogen (secondary N) is 2. The number of phenols is 1. The molecule has 2 rings (SSSR count). The van der Waals surface area contributed by atoms with E-state index < -0.39 is 0 Å². The van der Waals surface area contributed by atoms with Gasteiger partial charge in [0.05, 0.1) is 19.8 Å². The van der Waals surface area contributed by atoms with Gasteiger partial charge >= 0.3 is 0 Å². The fourth-order valence-electron chi connectivity index (χ4n) is 3.03. The first kappa shape index (κ1) is 23.8. The van der Waals surface area contributed by atoms with Crippen molar-refractivity contribution >= 4 is 29.9 Å². The zero-order valence-corrected chi connectivity index (χ0v) is 19.0. The molecule has 27 heavy (non-hydrogen) atoms. The molecule has 8 heteroatoms. The van der Waals surface area contributed by atoms with E-state index in [-0.39, 0.29) is 35.8 Å². The Hall–Kier alpha value is -1.26. The number of hydrogen-bond acceptors (Lipinski definition) is 5. The van der Waals surface area contributed by atoms with Gasteiger partial charge < -0.3 is 25.2 Å². The lowest BCUT2D eigenvalue weighted by molar-refractivity contribution is -0.0284. The van der Waals surface area contributed by atoms with Gasteiger partial charge in [0, 0.05) is 45.3 Å². The van der Waals surface area contributed by atoms with E-state index in [1.807, 2.05) is 6.07 Å². The van der Waals surface area contributed by atoms with Gasteiger partial charge in [0.15, 0.2) is 5.96 Å². The average Bonchev–Trinajstić information content (AvgIpc) is 2.63. The molecule has 7 nitrogen and oxygen atoms in total. The number of methoxy groups -OCH3 is 1. The minimum atomic E-state index is 0. The van der Waals surface area contributed by atoms with Gasteiger partial charge in [-0.3, -0.25) is 9.89 Å². The van der Waals surface area contributed by atoms with Crippen LogP contribution in [0.25, 0.3) is 0 Å². The first-order valence-corrected chi connectivity index (χ1v) is 9.16. The predicted octanol–water partition coefficient (Wildman–Crippen LogP) is 2.04. The van der Waals surface area contributed by atoms with Crippen LogP contribution in [-0.2, 0) is 11.3 Å². The van der Waals surface area contributed by atoms with Gasteiger partial charge in [0.2, 0.25) is 0 Å². The summed E-state index contributed by atoms with van der Waals surface area (Å²) < 4.78 is 11.1. The van der Waals surface area contributed by atoms with Crippen molar-refractivity contribution in [3.8, 4) is 11.5 Å². The molecule has 0 aliphatic carbocycles. The van der Waals surface area contributed by atoms with Crippen molar-refractivity contribution in [1.29, 1.82) is 0 Å². The van der Waals surface area contributed by atoms with E-state index in [2.05, 4.69) is 34.4 Å². The number of aromatic hydroxyl groups is 1. The number of guanidine groups is 1. The Morgan fingerprint density at radius 2 is 2.19 bits per heavy atom. The van der Waals surface area contributed by atoms with E-state index in [1.54, 1.807) is 26.3 Å². The normalized spacial score (nSPS) is 18.1. The Balaban J connectivity index is 0.00000364. The summed E-state index contributed by atoms with van der Waals surface area (Å²) in [4.78, 5) is 6.69. The second-order valence-electron chi connectivity index (χ2n) is 6.95. The van der Waals surface area contributed by atoms with Gasteiger partial charge in [-0.05, 0) is 24.1 Å². The highest BCUT2D eigenvalue weighted by molar-refractivity contribution is 14.0. The molecule has 0 aromatic heterocycles. The van der Waals surface area contributed by atoms with E-state index in [0.717, 1.165) is 31.8 Å². The summed E-state index contributed by atoms with van der Waals surface area (Å²) in [7, 11) is 3.34. The molecule has 1 atom stereocenters. The molecule has 0 spiro atoms. The Morgan fingerprint density at radius 1 is 1.41 bits per heavy atom. The van der Waals surface area contributed by atoms with Gasteiger partial charge in [-0.1, -0.05) is 13.8 Å². The van der Waals surface area contributed by atoms with E-state index in [4.69, 9.17) is 9.47 Å². The number of phenolic OH excluding ortho intramolecular Hbond substituents is 1. The van der Waals surface area contributed by atoms with Crippen molar-refractivity contribution in [2.24, 2.45) is 10.9 Å². The zero-order chi connectivity index (χ0) is 18.9. The van der Waals surface area contributed by atoms with Gasteiger partial charge in [-0.2, -0.15) is 0 Å². The van der Waals surface area contributed by atoms with Crippen LogP contribution in [0.3, 0.4) is 0 Å². The van der Waals surface area contributed by atoms with E-state index >= 15 is 0 Å². The maximum Gasteiger partial charge on any atom is 0.191 e. The molecular formula is C19H33IN4O3. The summed E-state index contributed by atoms with van der Waals surface area (Å²) in [5, 5.41) is 16.5. The topological polar surface area (TPSA) is 78.4 Å². The maximum absolute atomic E-state index is 9.97. The van der Waals surface area contributed by atoms with Gasteiger partial charge in [0.25, 0.3) is 0 Å². The minimum Gasteiger partial charge on any atom is -0.508 e. The van der Waals surface area contributed by atoms with Crippen molar-refractivity contribution in [1.82, 2.24) is 15.5 Å². The van der Waals surface area contributed by atoms with Crippen LogP contribution >= 0.6 is 24.0 Å². The number of hydrogen-bond donors (Lipinski definition) is 3. The summed E-state index contributed by atoms with van der Waals surface area (Å²) in [6.07, 6.45) is 0.145. The van der Waals surface area contributed by atoms with Crippen molar-refractivity contribution in [3.05, 3.63) is 23.8 Å². The van der Waals surface area contributed by atoms with E-state index in [9.17, 15) is 5.11 Å². The number of aliphatic imine (C=N–C) groups is 1. The summed E-state index contributed by atoms with van der Waals surface area (Å²) >= 11 is 0. The van der Waals surface area contributed by atoms with Crippen LogP contribution in [-0.4, -0.2) is 69.0 Å². The van der Waals surface area contributed by atoms with Crippen molar-refractivity contribution in [2.45, 2.75) is 26.5 Å². The minimum absolute atomic E-state index is 0. The molecule has 154 valence electrons. The molecule has 1 saturated heterocycles. The molecule has 3 N–H and O–H groups in total. The van der Waals surface area contributed by atoms with Crippen LogP contribution in [0.4, 0.5) is 0 Å².